The van der Waals surface area contributed by atoms with Crippen molar-refractivity contribution in [3.05, 3.63) is 65.2 Å². The van der Waals surface area contributed by atoms with E-state index >= 15 is 0 Å². The lowest BCUT2D eigenvalue weighted by atomic mass is 10.1. The van der Waals surface area contributed by atoms with E-state index in [2.05, 4.69) is 10.9 Å². The third-order valence-electron chi connectivity index (χ3n) is 3.38. The van der Waals surface area contributed by atoms with Crippen LogP contribution in [0, 0.1) is 11.3 Å². The highest BCUT2D eigenvalue weighted by molar-refractivity contribution is 5.98. The Bertz CT molecular complexity index is 845. The average molecular weight is 351 g/mol. The van der Waals surface area contributed by atoms with Crippen LogP contribution in [0.5, 0.6) is 11.5 Å². The van der Waals surface area contributed by atoms with E-state index in [4.69, 9.17) is 14.7 Å². The van der Waals surface area contributed by atoms with E-state index in [1.165, 1.54) is 32.4 Å². The monoisotopic (exact) mass is 351 g/mol. The molecule has 0 heterocycles. The fourth-order valence-corrected chi connectivity index (χ4v) is 2.01. The highest BCUT2D eigenvalue weighted by atomic mass is 16.5. The molecule has 2 N–H and O–H groups in total. The quantitative estimate of drug-likeness (QED) is 0.634. The number of ether oxygens (including phenoxy) is 2. The van der Waals surface area contributed by atoms with Gasteiger partial charge in [0.25, 0.3) is 11.8 Å². The zero-order chi connectivity index (χ0) is 18.9. The van der Waals surface area contributed by atoms with Gasteiger partial charge in [-0.15, -0.1) is 0 Å². The number of nitrogens with zero attached hydrogens (tertiary/aromatic N) is 1. The van der Waals surface area contributed by atoms with Gasteiger partial charge < -0.3 is 9.47 Å². The molecular weight excluding hydrogens is 334 g/mol. The molecule has 0 aliphatic carbocycles. The van der Waals surface area contributed by atoms with Crippen LogP contribution in [-0.2, 0) is 4.79 Å². The van der Waals surface area contributed by atoms with Crippen LogP contribution in [-0.4, -0.2) is 26.0 Å². The molecule has 2 aromatic rings. The molecule has 0 saturated carbocycles. The number of nitrogens with one attached hydrogen (secondary N) is 2. The lowest BCUT2D eigenvalue weighted by Crippen LogP contribution is -2.40. The standard InChI is InChI=1S/C19H17N3O4/c1-25-16-9-15(10-17(11-16)26-2)19(24)22-21-18(23)8-7-13-3-5-14(12-20)6-4-13/h3-11H,1-2H3,(H,21,23)(H,22,24)/b8-7+. The summed E-state index contributed by atoms with van der Waals surface area (Å²) in [4.78, 5) is 23.9. The largest absolute Gasteiger partial charge is 0.497 e. The first-order valence-corrected chi connectivity index (χ1v) is 7.57. The van der Waals surface area contributed by atoms with Crippen LogP contribution in [0.15, 0.2) is 48.5 Å². The van der Waals surface area contributed by atoms with Crippen LogP contribution >= 0.6 is 0 Å². The van der Waals surface area contributed by atoms with Crippen molar-refractivity contribution >= 4 is 17.9 Å². The number of carbonyl (C=O) groups excluding carboxylic acids is 2. The molecule has 7 heteroatoms. The van der Waals surface area contributed by atoms with Crippen LogP contribution in [0.2, 0.25) is 0 Å². The van der Waals surface area contributed by atoms with Crippen molar-refractivity contribution in [2.24, 2.45) is 0 Å². The highest BCUT2D eigenvalue weighted by Gasteiger charge is 2.10. The second-order valence-corrected chi connectivity index (χ2v) is 5.11. The first kappa shape index (κ1) is 18.5. The lowest BCUT2D eigenvalue weighted by Gasteiger charge is -2.09. The molecule has 0 aliphatic rings. The summed E-state index contributed by atoms with van der Waals surface area (Å²) in [6.45, 7) is 0. The van der Waals surface area contributed by atoms with E-state index in [1.54, 1.807) is 36.4 Å². The molecule has 7 nitrogen and oxygen atoms in total. The third-order valence-corrected chi connectivity index (χ3v) is 3.38. The Morgan fingerprint density at radius 2 is 1.62 bits per heavy atom. The van der Waals surface area contributed by atoms with Gasteiger partial charge in [-0.05, 0) is 35.9 Å². The van der Waals surface area contributed by atoms with E-state index < -0.39 is 11.8 Å². The van der Waals surface area contributed by atoms with Gasteiger partial charge in [0.2, 0.25) is 0 Å². The van der Waals surface area contributed by atoms with Crippen molar-refractivity contribution in [3.63, 3.8) is 0 Å². The first-order chi connectivity index (χ1) is 12.5. The molecular formula is C19H17N3O4. The molecule has 0 radical (unpaired) electrons. The summed E-state index contributed by atoms with van der Waals surface area (Å²) >= 11 is 0. The van der Waals surface area contributed by atoms with Crippen LogP contribution < -0.4 is 20.3 Å². The van der Waals surface area contributed by atoms with E-state index in [-0.39, 0.29) is 5.56 Å². The Morgan fingerprint density at radius 1 is 1.00 bits per heavy atom. The number of amides is 2. The molecule has 0 spiro atoms. The number of benzene rings is 2. The zero-order valence-corrected chi connectivity index (χ0v) is 14.3. The van der Waals surface area contributed by atoms with Gasteiger partial charge >= 0.3 is 0 Å². The Kier molecular flexibility index (Phi) is 6.34. The van der Waals surface area contributed by atoms with E-state index in [0.717, 1.165) is 5.56 Å². The molecule has 0 saturated heterocycles. The predicted molar refractivity (Wildman–Crippen MR) is 95.3 cm³/mol. The van der Waals surface area contributed by atoms with Gasteiger partial charge in [-0.1, -0.05) is 12.1 Å². The highest BCUT2D eigenvalue weighted by Crippen LogP contribution is 2.22. The number of hydrazine groups is 1. The van der Waals surface area contributed by atoms with Gasteiger partial charge in [-0.25, -0.2) is 0 Å². The van der Waals surface area contributed by atoms with Crippen molar-refractivity contribution < 1.29 is 19.1 Å². The number of rotatable bonds is 5. The number of hydrogen-bond acceptors (Lipinski definition) is 5. The molecule has 2 rings (SSSR count). The van der Waals surface area contributed by atoms with Crippen molar-refractivity contribution in [3.8, 4) is 17.6 Å². The number of nitriles is 1. The molecule has 0 atom stereocenters. The lowest BCUT2D eigenvalue weighted by molar-refractivity contribution is -0.117. The minimum absolute atomic E-state index is 0.276. The zero-order valence-electron chi connectivity index (χ0n) is 14.3. The van der Waals surface area contributed by atoms with Crippen molar-refractivity contribution in [2.75, 3.05) is 14.2 Å². The van der Waals surface area contributed by atoms with Gasteiger partial charge in [0.05, 0.1) is 25.9 Å². The summed E-state index contributed by atoms with van der Waals surface area (Å²) in [6.07, 6.45) is 2.84. The Hall–Kier alpha value is -3.79. The summed E-state index contributed by atoms with van der Waals surface area (Å²) in [6, 6.07) is 13.4. The summed E-state index contributed by atoms with van der Waals surface area (Å²) in [5.74, 6) is -0.0945. The normalized spacial score (nSPS) is 10.0. The molecule has 0 aliphatic heterocycles. The van der Waals surface area contributed by atoms with E-state index in [1.807, 2.05) is 6.07 Å². The Morgan fingerprint density at radius 3 is 2.15 bits per heavy atom. The van der Waals surface area contributed by atoms with Crippen molar-refractivity contribution in [2.45, 2.75) is 0 Å². The van der Waals surface area contributed by atoms with Crippen LogP contribution in [0.1, 0.15) is 21.5 Å². The summed E-state index contributed by atoms with van der Waals surface area (Å²) in [7, 11) is 2.96. The average Bonchev–Trinajstić information content (AvgIpc) is 2.70. The minimum Gasteiger partial charge on any atom is -0.497 e. The van der Waals surface area contributed by atoms with Crippen LogP contribution in [0.25, 0.3) is 6.08 Å². The number of carbonyl (C=O) groups is 2. The molecule has 0 aromatic heterocycles. The van der Waals surface area contributed by atoms with E-state index in [9.17, 15) is 9.59 Å². The van der Waals surface area contributed by atoms with Gasteiger partial charge in [0.15, 0.2) is 0 Å². The number of hydrogen-bond donors (Lipinski definition) is 2. The van der Waals surface area contributed by atoms with E-state index in [0.29, 0.717) is 17.1 Å². The SMILES string of the molecule is COc1cc(OC)cc(C(=O)NNC(=O)/C=C/c2ccc(C#N)cc2)c1. The van der Waals surface area contributed by atoms with Crippen molar-refractivity contribution in [1.29, 1.82) is 5.26 Å². The third kappa shape index (κ3) is 5.11. The van der Waals surface area contributed by atoms with Gasteiger partial charge in [-0.2, -0.15) is 5.26 Å². The minimum atomic E-state index is -0.512. The number of methoxy groups -OCH3 is 2. The smallest absolute Gasteiger partial charge is 0.269 e. The fraction of sp³-hybridized carbons (Fsp3) is 0.105. The van der Waals surface area contributed by atoms with Gasteiger partial charge in [0.1, 0.15) is 11.5 Å². The first-order valence-electron chi connectivity index (χ1n) is 7.57. The Labute approximate surface area is 150 Å². The predicted octanol–water partition coefficient (Wildman–Crippen LogP) is 2.05. The molecule has 0 fully saturated rings. The molecule has 0 unspecified atom stereocenters. The summed E-state index contributed by atoms with van der Waals surface area (Å²) < 4.78 is 10.2. The van der Waals surface area contributed by atoms with Crippen molar-refractivity contribution in [1.82, 2.24) is 10.9 Å². The molecule has 132 valence electrons. The molecule has 2 amide bonds. The maximum atomic E-state index is 12.1. The molecule has 0 bridgehead atoms. The molecule has 26 heavy (non-hydrogen) atoms. The maximum Gasteiger partial charge on any atom is 0.269 e. The second kappa shape index (κ2) is 8.89. The maximum absolute atomic E-state index is 12.1. The van der Waals surface area contributed by atoms with Crippen LogP contribution in [0.4, 0.5) is 0 Å². The Balaban J connectivity index is 1.95. The van der Waals surface area contributed by atoms with Gasteiger partial charge in [-0.3, -0.25) is 20.4 Å². The summed E-state index contributed by atoms with van der Waals surface area (Å²) in [5.41, 5.74) is 6.16. The topological polar surface area (TPSA) is 100 Å². The fourth-order valence-electron chi connectivity index (χ4n) is 2.01. The van der Waals surface area contributed by atoms with Crippen LogP contribution in [0.3, 0.4) is 0 Å². The summed E-state index contributed by atoms with van der Waals surface area (Å²) in [5, 5.41) is 8.74. The second-order valence-electron chi connectivity index (χ2n) is 5.11. The molecule has 2 aromatic carbocycles. The van der Waals surface area contributed by atoms with Gasteiger partial charge in [0, 0.05) is 17.7 Å².